The minimum Gasteiger partial charge on any atom is -0.342 e. The Labute approximate surface area is 167 Å². The van der Waals surface area contributed by atoms with Crippen molar-refractivity contribution in [3.05, 3.63) is 42.0 Å². The molecule has 0 aliphatic heterocycles. The Bertz CT molecular complexity index is 851. The molecule has 0 bridgehead atoms. The number of carbonyl (C=O) groups excluding carboxylic acids is 1. The smallest absolute Gasteiger partial charge is 0.227 e. The number of rotatable bonds is 10. The molecule has 0 radical (unpaired) electrons. The molecule has 8 heteroatoms. The van der Waals surface area contributed by atoms with E-state index in [2.05, 4.69) is 37.8 Å². The summed E-state index contributed by atoms with van der Waals surface area (Å²) in [6, 6.07) is 8.16. The van der Waals surface area contributed by atoms with E-state index < -0.39 is 9.84 Å². The Morgan fingerprint density at radius 3 is 2.25 bits per heavy atom. The third kappa shape index (κ3) is 6.74. The molecule has 0 atom stereocenters. The molecule has 1 heterocycles. The molecule has 0 unspecified atom stereocenters. The lowest BCUT2D eigenvalue weighted by atomic mass is 10.1. The molecule has 1 aromatic heterocycles. The van der Waals surface area contributed by atoms with Crippen LogP contribution in [0.15, 0.2) is 39.8 Å². The van der Waals surface area contributed by atoms with Crippen LogP contribution in [0.3, 0.4) is 0 Å². The molecular formula is C20H29N3O4S. The standard InChI is InChI=1S/C20H29N3O4S/c1-15(2)12-23(13-16(3)4)20(24)11-10-19-21-18(22-27-19)14-28(25,26)17-8-6-5-7-9-17/h5-9,15-16H,10-14H2,1-4H3. The number of aryl methyl sites for hydroxylation is 1. The fraction of sp³-hybridized carbons (Fsp3) is 0.550. The van der Waals surface area contributed by atoms with E-state index in [1.807, 2.05) is 4.90 Å². The van der Waals surface area contributed by atoms with Crippen molar-refractivity contribution in [3.8, 4) is 0 Å². The molecule has 0 N–H and O–H groups in total. The maximum atomic E-state index is 12.5. The van der Waals surface area contributed by atoms with Gasteiger partial charge in [-0.15, -0.1) is 0 Å². The van der Waals surface area contributed by atoms with E-state index in [4.69, 9.17) is 4.52 Å². The van der Waals surface area contributed by atoms with Crippen LogP contribution < -0.4 is 0 Å². The van der Waals surface area contributed by atoms with Gasteiger partial charge in [-0.3, -0.25) is 4.79 Å². The van der Waals surface area contributed by atoms with Gasteiger partial charge in [-0.25, -0.2) is 8.42 Å². The monoisotopic (exact) mass is 407 g/mol. The topological polar surface area (TPSA) is 93.4 Å². The maximum Gasteiger partial charge on any atom is 0.227 e. The highest BCUT2D eigenvalue weighted by molar-refractivity contribution is 7.90. The summed E-state index contributed by atoms with van der Waals surface area (Å²) < 4.78 is 29.9. The summed E-state index contributed by atoms with van der Waals surface area (Å²) in [4.78, 5) is 18.8. The van der Waals surface area contributed by atoms with Crippen LogP contribution in [0.5, 0.6) is 0 Å². The minimum atomic E-state index is -3.53. The second kappa shape index (κ2) is 9.82. The van der Waals surface area contributed by atoms with Crippen LogP contribution in [-0.2, 0) is 26.8 Å². The lowest BCUT2D eigenvalue weighted by Gasteiger charge is -2.26. The van der Waals surface area contributed by atoms with Crippen LogP contribution in [0.25, 0.3) is 0 Å². The molecule has 2 rings (SSSR count). The van der Waals surface area contributed by atoms with Crippen molar-refractivity contribution in [2.75, 3.05) is 13.1 Å². The fourth-order valence-corrected chi connectivity index (χ4v) is 4.06. The molecule has 2 aromatic rings. The SMILES string of the molecule is CC(C)CN(CC(C)C)C(=O)CCc1nc(CS(=O)(=O)c2ccccc2)no1. The summed E-state index contributed by atoms with van der Waals surface area (Å²) in [6.45, 7) is 9.75. The van der Waals surface area contributed by atoms with E-state index in [0.717, 1.165) is 0 Å². The van der Waals surface area contributed by atoms with Crippen molar-refractivity contribution in [1.82, 2.24) is 15.0 Å². The van der Waals surface area contributed by atoms with E-state index in [-0.39, 0.29) is 34.7 Å². The second-order valence-corrected chi connectivity index (χ2v) is 9.75. The normalized spacial score (nSPS) is 11.9. The van der Waals surface area contributed by atoms with Gasteiger partial charge in [-0.2, -0.15) is 4.98 Å². The van der Waals surface area contributed by atoms with Gasteiger partial charge in [0.05, 0.1) is 4.90 Å². The van der Waals surface area contributed by atoms with Gasteiger partial charge in [0.25, 0.3) is 0 Å². The lowest BCUT2D eigenvalue weighted by molar-refractivity contribution is -0.132. The van der Waals surface area contributed by atoms with E-state index >= 15 is 0 Å². The van der Waals surface area contributed by atoms with Crippen LogP contribution in [0.2, 0.25) is 0 Å². The van der Waals surface area contributed by atoms with Crippen molar-refractivity contribution in [3.63, 3.8) is 0 Å². The van der Waals surface area contributed by atoms with Crippen LogP contribution in [0.4, 0.5) is 0 Å². The molecule has 154 valence electrons. The Morgan fingerprint density at radius 2 is 1.68 bits per heavy atom. The Kier molecular flexibility index (Phi) is 7.74. The van der Waals surface area contributed by atoms with Crippen LogP contribution in [-0.4, -0.2) is 42.5 Å². The molecule has 1 amide bonds. The molecule has 0 saturated heterocycles. The molecule has 28 heavy (non-hydrogen) atoms. The number of carbonyl (C=O) groups is 1. The maximum absolute atomic E-state index is 12.5. The van der Waals surface area contributed by atoms with Crippen molar-refractivity contribution < 1.29 is 17.7 Å². The average molecular weight is 408 g/mol. The van der Waals surface area contributed by atoms with Gasteiger partial charge < -0.3 is 9.42 Å². The first-order valence-corrected chi connectivity index (χ1v) is 11.2. The van der Waals surface area contributed by atoms with Gasteiger partial charge in [0.1, 0.15) is 5.75 Å². The summed E-state index contributed by atoms with van der Waals surface area (Å²) in [5.74, 6) is 0.871. The quantitative estimate of drug-likeness (QED) is 0.601. The molecule has 0 spiro atoms. The minimum absolute atomic E-state index is 0.0408. The van der Waals surface area contributed by atoms with Crippen LogP contribution in [0, 0.1) is 11.8 Å². The summed E-state index contributed by atoms with van der Waals surface area (Å²) in [5, 5.41) is 3.76. The molecule has 0 saturated carbocycles. The van der Waals surface area contributed by atoms with Crippen molar-refractivity contribution in [2.45, 2.75) is 51.2 Å². The highest BCUT2D eigenvalue weighted by Crippen LogP contribution is 2.15. The average Bonchev–Trinajstić information content (AvgIpc) is 3.05. The highest BCUT2D eigenvalue weighted by Gasteiger charge is 2.21. The molecule has 0 aliphatic carbocycles. The first-order valence-electron chi connectivity index (χ1n) is 9.54. The van der Waals surface area contributed by atoms with E-state index in [0.29, 0.717) is 31.3 Å². The molecule has 1 aromatic carbocycles. The second-order valence-electron chi connectivity index (χ2n) is 7.76. The zero-order valence-corrected chi connectivity index (χ0v) is 17.8. The summed E-state index contributed by atoms with van der Waals surface area (Å²) >= 11 is 0. The third-order valence-electron chi connectivity index (χ3n) is 4.01. The highest BCUT2D eigenvalue weighted by atomic mass is 32.2. The van der Waals surface area contributed by atoms with Gasteiger partial charge in [-0.1, -0.05) is 51.1 Å². The predicted octanol–water partition coefficient (Wildman–Crippen LogP) is 3.12. The number of nitrogens with zero attached hydrogens (tertiary/aromatic N) is 3. The van der Waals surface area contributed by atoms with Crippen molar-refractivity contribution >= 4 is 15.7 Å². The third-order valence-corrected chi connectivity index (χ3v) is 5.64. The summed E-state index contributed by atoms with van der Waals surface area (Å²) in [6.07, 6.45) is 0.552. The molecule has 0 fully saturated rings. The largest absolute Gasteiger partial charge is 0.342 e. The van der Waals surface area contributed by atoms with Crippen molar-refractivity contribution in [1.29, 1.82) is 0 Å². The van der Waals surface area contributed by atoms with Crippen molar-refractivity contribution in [2.24, 2.45) is 11.8 Å². The van der Waals surface area contributed by atoms with Crippen LogP contribution >= 0.6 is 0 Å². The van der Waals surface area contributed by atoms with Gasteiger partial charge in [0, 0.05) is 25.9 Å². The first-order chi connectivity index (χ1) is 13.2. The van der Waals surface area contributed by atoms with Gasteiger partial charge in [-0.05, 0) is 24.0 Å². The van der Waals surface area contributed by atoms with E-state index in [9.17, 15) is 13.2 Å². The summed E-state index contributed by atoms with van der Waals surface area (Å²) in [7, 11) is -3.53. The van der Waals surface area contributed by atoms with E-state index in [1.54, 1.807) is 18.2 Å². The molecule has 7 nitrogen and oxygen atoms in total. The molecular weight excluding hydrogens is 378 g/mol. The number of hydrogen-bond acceptors (Lipinski definition) is 6. The van der Waals surface area contributed by atoms with Gasteiger partial charge >= 0.3 is 0 Å². The number of amides is 1. The zero-order valence-electron chi connectivity index (χ0n) is 17.0. The number of benzene rings is 1. The zero-order chi connectivity index (χ0) is 20.7. The Morgan fingerprint density at radius 1 is 1.07 bits per heavy atom. The molecule has 0 aliphatic rings. The van der Waals surface area contributed by atoms with Gasteiger partial charge in [0.15, 0.2) is 15.7 Å². The summed E-state index contributed by atoms with van der Waals surface area (Å²) in [5.41, 5.74) is 0. The first kappa shape index (κ1) is 22.1. The number of sulfone groups is 1. The number of aromatic nitrogens is 2. The number of hydrogen-bond donors (Lipinski definition) is 0. The predicted molar refractivity (Wildman–Crippen MR) is 106 cm³/mol. The Balaban J connectivity index is 1.96. The lowest BCUT2D eigenvalue weighted by Crippen LogP contribution is -2.37. The fourth-order valence-electron chi connectivity index (χ4n) is 2.86. The van der Waals surface area contributed by atoms with Crippen LogP contribution in [0.1, 0.15) is 45.8 Å². The van der Waals surface area contributed by atoms with E-state index in [1.165, 1.54) is 12.1 Å². The van der Waals surface area contributed by atoms with Gasteiger partial charge in [0.2, 0.25) is 11.8 Å². The Hall–Kier alpha value is -2.22.